The first kappa shape index (κ1) is 20.7. The minimum atomic E-state index is -0.0749. The third kappa shape index (κ3) is 3.90. The lowest BCUT2D eigenvalue weighted by molar-refractivity contribution is -0.123. The molecule has 0 unspecified atom stereocenters. The Morgan fingerprint density at radius 1 is 1.12 bits per heavy atom. The highest BCUT2D eigenvalue weighted by atomic mass is 16.3. The Hall–Kier alpha value is -2.86. The summed E-state index contributed by atoms with van der Waals surface area (Å²) in [5.74, 6) is 1.28. The summed E-state index contributed by atoms with van der Waals surface area (Å²) in [5, 5.41) is 5.51. The second kappa shape index (κ2) is 8.82. The molecule has 1 atom stereocenters. The highest BCUT2D eigenvalue weighted by Crippen LogP contribution is 2.43. The van der Waals surface area contributed by atoms with Crippen molar-refractivity contribution in [2.75, 3.05) is 13.1 Å². The highest BCUT2D eigenvalue weighted by molar-refractivity contribution is 5.87. The second-order valence-corrected chi connectivity index (χ2v) is 9.81. The molecular formula is C27H32N4O2. The number of aromatic nitrogens is 1. The summed E-state index contributed by atoms with van der Waals surface area (Å²) in [6, 6.07) is 11.2. The number of amides is 1. The fourth-order valence-corrected chi connectivity index (χ4v) is 6.33. The van der Waals surface area contributed by atoms with E-state index in [0.717, 1.165) is 31.8 Å². The quantitative estimate of drug-likeness (QED) is 0.439. The van der Waals surface area contributed by atoms with Gasteiger partial charge < -0.3 is 8.98 Å². The molecule has 0 bridgehead atoms. The molecule has 0 saturated heterocycles. The van der Waals surface area contributed by atoms with Crippen LogP contribution in [-0.4, -0.2) is 34.7 Å². The van der Waals surface area contributed by atoms with Gasteiger partial charge in [0.25, 0.3) is 5.91 Å². The van der Waals surface area contributed by atoms with Crippen LogP contribution >= 0.6 is 0 Å². The maximum atomic E-state index is 12.6. The fourth-order valence-electron chi connectivity index (χ4n) is 6.33. The number of fused-ring (bicyclic) bond motifs is 3. The monoisotopic (exact) mass is 444 g/mol. The van der Waals surface area contributed by atoms with Gasteiger partial charge in [-0.25, -0.2) is 5.43 Å². The first-order valence-electron chi connectivity index (χ1n) is 12.5. The van der Waals surface area contributed by atoms with Crippen LogP contribution in [0.4, 0.5) is 0 Å². The number of furan rings is 1. The lowest BCUT2D eigenvalue weighted by Gasteiger charge is -2.39. The van der Waals surface area contributed by atoms with Crippen LogP contribution in [0.1, 0.15) is 79.5 Å². The van der Waals surface area contributed by atoms with Gasteiger partial charge in [0.1, 0.15) is 5.76 Å². The molecule has 0 radical (unpaired) electrons. The van der Waals surface area contributed by atoms with Crippen LogP contribution in [0.3, 0.4) is 0 Å². The zero-order valence-corrected chi connectivity index (χ0v) is 19.1. The molecule has 172 valence electrons. The number of carbonyl (C=O) groups is 1. The van der Waals surface area contributed by atoms with Gasteiger partial charge in [-0.2, -0.15) is 5.10 Å². The average Bonchev–Trinajstić information content (AvgIpc) is 3.48. The number of hydrazone groups is 1. The van der Waals surface area contributed by atoms with E-state index >= 15 is 0 Å². The highest BCUT2D eigenvalue weighted by Gasteiger charge is 2.35. The van der Waals surface area contributed by atoms with E-state index in [1.165, 1.54) is 72.5 Å². The van der Waals surface area contributed by atoms with E-state index in [9.17, 15) is 4.79 Å². The molecule has 6 nitrogen and oxygen atoms in total. The van der Waals surface area contributed by atoms with Crippen LogP contribution in [0.2, 0.25) is 0 Å². The van der Waals surface area contributed by atoms with Crippen molar-refractivity contribution in [1.29, 1.82) is 0 Å². The van der Waals surface area contributed by atoms with Crippen LogP contribution in [-0.2, 0) is 17.8 Å². The average molecular weight is 445 g/mol. The fraction of sp³-hybridized carbons (Fsp3) is 0.481. The maximum absolute atomic E-state index is 12.6. The van der Waals surface area contributed by atoms with Gasteiger partial charge in [-0.1, -0.05) is 25.3 Å². The van der Waals surface area contributed by atoms with Gasteiger partial charge in [0.05, 0.1) is 25.1 Å². The third-order valence-corrected chi connectivity index (χ3v) is 7.86. The van der Waals surface area contributed by atoms with Gasteiger partial charge in [-0.3, -0.25) is 9.69 Å². The molecule has 33 heavy (non-hydrogen) atoms. The molecule has 6 rings (SSSR count). The molecule has 1 aromatic carbocycles. The second-order valence-electron chi connectivity index (χ2n) is 9.81. The van der Waals surface area contributed by atoms with E-state index in [1.807, 2.05) is 6.07 Å². The largest absolute Gasteiger partial charge is 0.463 e. The Labute approximate surface area is 194 Å². The number of carbonyl (C=O) groups excluding carboxylic acids is 1. The maximum Gasteiger partial charge on any atom is 0.254 e. The smallest absolute Gasteiger partial charge is 0.254 e. The lowest BCUT2D eigenvalue weighted by atomic mass is 9.83. The van der Waals surface area contributed by atoms with Crippen molar-refractivity contribution in [3.8, 4) is 0 Å². The number of rotatable bonds is 5. The van der Waals surface area contributed by atoms with Crippen molar-refractivity contribution < 1.29 is 9.21 Å². The third-order valence-electron chi connectivity index (χ3n) is 7.86. The molecular weight excluding hydrogens is 412 g/mol. The Morgan fingerprint density at radius 3 is 2.88 bits per heavy atom. The topological polar surface area (TPSA) is 62.8 Å². The molecule has 1 aliphatic heterocycles. The van der Waals surface area contributed by atoms with E-state index in [2.05, 4.69) is 38.2 Å². The number of hydrogen-bond acceptors (Lipinski definition) is 4. The van der Waals surface area contributed by atoms with Gasteiger partial charge in [-0.15, -0.1) is 0 Å². The Balaban J connectivity index is 1.23. The van der Waals surface area contributed by atoms with Gasteiger partial charge in [0.2, 0.25) is 0 Å². The first-order chi connectivity index (χ1) is 16.3. The Morgan fingerprint density at radius 2 is 2.03 bits per heavy atom. The normalized spacial score (nSPS) is 21.5. The number of nitrogens with one attached hydrogen (secondary N) is 1. The molecule has 1 N–H and O–H groups in total. The molecule has 3 heterocycles. The van der Waals surface area contributed by atoms with Crippen molar-refractivity contribution in [3.63, 3.8) is 0 Å². The molecule has 2 aromatic heterocycles. The van der Waals surface area contributed by atoms with Crippen molar-refractivity contribution in [2.24, 2.45) is 5.10 Å². The van der Waals surface area contributed by atoms with Gasteiger partial charge in [-0.05, 0) is 73.4 Å². The van der Waals surface area contributed by atoms with Gasteiger partial charge in [0, 0.05) is 29.7 Å². The molecule has 1 saturated carbocycles. The zero-order chi connectivity index (χ0) is 22.2. The van der Waals surface area contributed by atoms with Crippen LogP contribution in [0, 0.1) is 0 Å². The summed E-state index contributed by atoms with van der Waals surface area (Å²) < 4.78 is 7.77. The summed E-state index contributed by atoms with van der Waals surface area (Å²) in [4.78, 5) is 14.9. The first-order valence-corrected chi connectivity index (χ1v) is 12.5. The lowest BCUT2D eigenvalue weighted by Crippen LogP contribution is -2.44. The van der Waals surface area contributed by atoms with E-state index in [4.69, 9.17) is 4.42 Å². The van der Waals surface area contributed by atoms with Crippen LogP contribution in [0.15, 0.2) is 46.1 Å². The number of aryl methyl sites for hydroxylation is 1. The predicted molar refractivity (Wildman–Crippen MR) is 129 cm³/mol. The van der Waals surface area contributed by atoms with Crippen molar-refractivity contribution in [1.82, 2.24) is 14.9 Å². The summed E-state index contributed by atoms with van der Waals surface area (Å²) in [6.07, 6.45) is 13.4. The number of benzene rings is 1. The van der Waals surface area contributed by atoms with Crippen LogP contribution < -0.4 is 5.43 Å². The van der Waals surface area contributed by atoms with Crippen LogP contribution in [0.5, 0.6) is 0 Å². The summed E-state index contributed by atoms with van der Waals surface area (Å²) >= 11 is 0. The molecule has 3 aliphatic rings. The number of nitrogens with zero attached hydrogens (tertiary/aromatic N) is 3. The summed E-state index contributed by atoms with van der Waals surface area (Å²) in [5.41, 5.74) is 8.57. The van der Waals surface area contributed by atoms with E-state index < -0.39 is 0 Å². The van der Waals surface area contributed by atoms with Crippen LogP contribution in [0.25, 0.3) is 10.9 Å². The van der Waals surface area contributed by atoms with Gasteiger partial charge >= 0.3 is 0 Å². The minimum absolute atomic E-state index is 0.0749. The van der Waals surface area contributed by atoms with Gasteiger partial charge in [0.15, 0.2) is 0 Å². The zero-order valence-electron chi connectivity index (χ0n) is 19.1. The van der Waals surface area contributed by atoms with Crippen molar-refractivity contribution in [2.45, 2.75) is 69.9 Å². The van der Waals surface area contributed by atoms with Crippen molar-refractivity contribution in [3.05, 3.63) is 59.2 Å². The summed E-state index contributed by atoms with van der Waals surface area (Å²) in [7, 11) is 0. The SMILES string of the molecule is O=C(CN1CCn2c3c(c4cc(C5CCCCC5)ccc42)CCC[C@H]31)NN=Cc1ccco1. The van der Waals surface area contributed by atoms with E-state index in [0.29, 0.717) is 18.3 Å². The predicted octanol–water partition coefficient (Wildman–Crippen LogP) is 5.13. The molecule has 6 heteroatoms. The molecule has 1 fully saturated rings. The molecule has 2 aliphatic carbocycles. The molecule has 1 amide bonds. The van der Waals surface area contributed by atoms with E-state index in [-0.39, 0.29) is 5.91 Å². The summed E-state index contributed by atoms with van der Waals surface area (Å²) in [6.45, 7) is 2.20. The minimum Gasteiger partial charge on any atom is -0.463 e. The van der Waals surface area contributed by atoms with E-state index in [1.54, 1.807) is 12.3 Å². The van der Waals surface area contributed by atoms with Crippen molar-refractivity contribution >= 4 is 23.0 Å². The Kier molecular flexibility index (Phi) is 5.54. The molecule has 0 spiro atoms. The number of hydrogen-bond donors (Lipinski definition) is 1. The Bertz CT molecular complexity index is 1170. The molecule has 3 aromatic rings. The standard InChI is InChI=1S/C27H32N4O2/c32-26(29-28-17-21-8-5-15-33-21)18-30-13-14-31-24-12-11-20(19-6-2-1-3-7-19)16-23(24)22-9-4-10-25(30)27(22)31/h5,8,11-12,15-17,19,25H,1-4,6-7,9-10,13-14,18H2,(H,29,32)/t25-/m1/s1.